The van der Waals surface area contributed by atoms with Crippen molar-refractivity contribution in [3.05, 3.63) is 28.0 Å². The summed E-state index contributed by atoms with van der Waals surface area (Å²) in [5.41, 5.74) is -0.371. The Labute approximate surface area is 87.5 Å². The average molecular weight is 267 g/mol. The van der Waals surface area contributed by atoms with Gasteiger partial charge < -0.3 is 5.11 Å². The lowest BCUT2D eigenvalue weighted by atomic mass is 10.1. The van der Waals surface area contributed by atoms with E-state index < -0.39 is 17.3 Å². The van der Waals surface area contributed by atoms with Gasteiger partial charge in [-0.1, -0.05) is 0 Å². The monoisotopic (exact) mass is 266 g/mol. The number of alkyl halides is 1. The van der Waals surface area contributed by atoms with E-state index in [0.29, 0.717) is 0 Å². The maximum absolute atomic E-state index is 13.2. The molecule has 0 radical (unpaired) electrons. The van der Waals surface area contributed by atoms with Crippen LogP contribution in [0.3, 0.4) is 0 Å². The van der Waals surface area contributed by atoms with Crippen LogP contribution in [0.15, 0.2) is 16.6 Å². The third-order valence-electron chi connectivity index (χ3n) is 1.47. The second-order valence-electron chi connectivity index (χ2n) is 2.31. The van der Waals surface area contributed by atoms with Crippen LogP contribution in [-0.4, -0.2) is 16.8 Å². The standard InChI is InChI=1S/C8H5BrClFO2/c9-4-1-2-5(12)7(8(4)11)6(13)3-10/h1-2,12H,3H2. The van der Waals surface area contributed by atoms with E-state index in [-0.39, 0.29) is 15.9 Å². The zero-order chi connectivity index (χ0) is 10.0. The van der Waals surface area contributed by atoms with Gasteiger partial charge in [0, 0.05) is 0 Å². The molecule has 13 heavy (non-hydrogen) atoms. The Morgan fingerprint density at radius 2 is 2.23 bits per heavy atom. The van der Waals surface area contributed by atoms with E-state index in [9.17, 15) is 14.3 Å². The van der Waals surface area contributed by atoms with Crippen LogP contribution in [0.4, 0.5) is 4.39 Å². The zero-order valence-corrected chi connectivity index (χ0v) is 8.69. The van der Waals surface area contributed by atoms with Crippen LogP contribution in [-0.2, 0) is 0 Å². The fourth-order valence-corrected chi connectivity index (χ4v) is 1.34. The minimum absolute atomic E-state index is 0.124. The van der Waals surface area contributed by atoms with Crippen molar-refractivity contribution in [2.45, 2.75) is 0 Å². The van der Waals surface area contributed by atoms with Crippen LogP contribution in [0, 0.1) is 5.82 Å². The first-order valence-corrected chi connectivity index (χ1v) is 4.66. The van der Waals surface area contributed by atoms with Crippen LogP contribution < -0.4 is 0 Å². The summed E-state index contributed by atoms with van der Waals surface area (Å²) in [7, 11) is 0. The Balaban J connectivity index is 3.33. The molecule has 0 spiro atoms. The summed E-state index contributed by atoms with van der Waals surface area (Å²) in [4.78, 5) is 11.1. The molecule has 2 nitrogen and oxygen atoms in total. The highest BCUT2D eigenvalue weighted by Gasteiger charge is 2.17. The Bertz CT molecular complexity index is 354. The van der Waals surface area contributed by atoms with Gasteiger partial charge in [-0.15, -0.1) is 11.6 Å². The number of phenolic OH excluding ortho intramolecular Hbond substituents is 1. The van der Waals surface area contributed by atoms with E-state index in [0.717, 1.165) is 0 Å². The molecule has 0 fully saturated rings. The zero-order valence-electron chi connectivity index (χ0n) is 6.35. The molecule has 0 atom stereocenters. The minimum Gasteiger partial charge on any atom is -0.507 e. The summed E-state index contributed by atoms with van der Waals surface area (Å²) in [6, 6.07) is 2.54. The Morgan fingerprint density at radius 3 is 2.77 bits per heavy atom. The molecule has 5 heteroatoms. The van der Waals surface area contributed by atoms with Crippen molar-refractivity contribution in [2.75, 3.05) is 5.88 Å². The number of aromatic hydroxyl groups is 1. The Kier molecular flexibility index (Phi) is 3.27. The molecule has 0 heterocycles. The van der Waals surface area contributed by atoms with E-state index in [1.54, 1.807) is 0 Å². The number of hydrogen-bond donors (Lipinski definition) is 1. The maximum atomic E-state index is 13.2. The van der Waals surface area contributed by atoms with Crippen LogP contribution in [0.25, 0.3) is 0 Å². The fourth-order valence-electron chi connectivity index (χ4n) is 0.873. The van der Waals surface area contributed by atoms with Gasteiger partial charge in [-0.05, 0) is 28.1 Å². The van der Waals surface area contributed by atoms with E-state index in [1.165, 1.54) is 12.1 Å². The summed E-state index contributed by atoms with van der Waals surface area (Å²) in [5.74, 6) is -2.18. The average Bonchev–Trinajstić information content (AvgIpc) is 2.12. The van der Waals surface area contributed by atoms with Crippen LogP contribution in [0.2, 0.25) is 0 Å². The predicted molar refractivity (Wildman–Crippen MR) is 50.8 cm³/mol. The Hall–Kier alpha value is -0.610. The van der Waals surface area contributed by atoms with Crippen molar-refractivity contribution >= 4 is 33.3 Å². The lowest BCUT2D eigenvalue weighted by molar-refractivity contribution is 0.101. The molecule has 0 saturated carbocycles. The van der Waals surface area contributed by atoms with Crippen molar-refractivity contribution in [1.29, 1.82) is 0 Å². The molecule has 0 unspecified atom stereocenters. The minimum atomic E-state index is -0.786. The number of ketones is 1. The van der Waals surface area contributed by atoms with E-state index in [2.05, 4.69) is 15.9 Å². The maximum Gasteiger partial charge on any atom is 0.184 e. The molecule has 1 N–H and O–H groups in total. The highest BCUT2D eigenvalue weighted by atomic mass is 79.9. The van der Waals surface area contributed by atoms with Gasteiger partial charge in [-0.2, -0.15) is 0 Å². The molecule has 70 valence electrons. The molecular formula is C8H5BrClFO2. The second kappa shape index (κ2) is 4.07. The topological polar surface area (TPSA) is 37.3 Å². The summed E-state index contributed by atoms with van der Waals surface area (Å²) in [6.07, 6.45) is 0. The van der Waals surface area contributed by atoms with Crippen LogP contribution in [0.1, 0.15) is 10.4 Å². The van der Waals surface area contributed by atoms with Gasteiger partial charge in [-0.25, -0.2) is 4.39 Å². The van der Waals surface area contributed by atoms with Gasteiger partial charge in [0.05, 0.1) is 15.9 Å². The quantitative estimate of drug-likeness (QED) is 0.661. The third-order valence-corrected chi connectivity index (χ3v) is 2.33. The van der Waals surface area contributed by atoms with Crippen molar-refractivity contribution in [2.24, 2.45) is 0 Å². The number of phenols is 1. The van der Waals surface area contributed by atoms with Gasteiger partial charge in [-0.3, -0.25) is 4.79 Å². The molecule has 0 aromatic heterocycles. The third kappa shape index (κ3) is 2.00. The second-order valence-corrected chi connectivity index (χ2v) is 3.43. The lowest BCUT2D eigenvalue weighted by Gasteiger charge is -2.03. The number of Topliss-reactive ketones (excluding diaryl/α,β-unsaturated/α-hetero) is 1. The summed E-state index contributed by atoms with van der Waals surface area (Å²) < 4.78 is 13.3. The summed E-state index contributed by atoms with van der Waals surface area (Å²) in [5, 5.41) is 9.18. The first-order chi connectivity index (χ1) is 6.07. The van der Waals surface area contributed by atoms with Gasteiger partial charge in [0.15, 0.2) is 11.6 Å². The normalized spacial score (nSPS) is 10.1. The van der Waals surface area contributed by atoms with Crippen LogP contribution >= 0.6 is 27.5 Å². The smallest absolute Gasteiger partial charge is 0.184 e. The molecule has 1 rings (SSSR count). The molecule has 0 aliphatic rings. The highest BCUT2D eigenvalue weighted by molar-refractivity contribution is 9.10. The lowest BCUT2D eigenvalue weighted by Crippen LogP contribution is -2.04. The van der Waals surface area contributed by atoms with Gasteiger partial charge >= 0.3 is 0 Å². The number of hydrogen-bond acceptors (Lipinski definition) is 2. The van der Waals surface area contributed by atoms with Crippen molar-refractivity contribution in [1.82, 2.24) is 0 Å². The summed E-state index contributed by atoms with van der Waals surface area (Å²) >= 11 is 8.14. The van der Waals surface area contributed by atoms with Crippen molar-refractivity contribution in [3.8, 4) is 5.75 Å². The molecule has 0 bridgehead atoms. The highest BCUT2D eigenvalue weighted by Crippen LogP contribution is 2.27. The predicted octanol–water partition coefficient (Wildman–Crippen LogP) is 2.72. The molecule has 0 saturated heterocycles. The fraction of sp³-hybridized carbons (Fsp3) is 0.125. The first-order valence-electron chi connectivity index (χ1n) is 3.34. The Morgan fingerprint density at radius 1 is 1.62 bits per heavy atom. The molecular weight excluding hydrogens is 262 g/mol. The molecule has 0 aliphatic carbocycles. The number of benzene rings is 1. The van der Waals surface area contributed by atoms with Gasteiger partial charge in [0.1, 0.15) is 5.75 Å². The van der Waals surface area contributed by atoms with E-state index >= 15 is 0 Å². The van der Waals surface area contributed by atoms with E-state index in [4.69, 9.17) is 11.6 Å². The SMILES string of the molecule is O=C(CCl)c1c(O)ccc(Br)c1F. The van der Waals surface area contributed by atoms with Gasteiger partial charge in [0.25, 0.3) is 0 Å². The number of carbonyl (C=O) groups excluding carboxylic acids is 1. The number of halogens is 3. The molecule has 0 amide bonds. The molecule has 1 aromatic rings. The largest absolute Gasteiger partial charge is 0.507 e. The van der Waals surface area contributed by atoms with Gasteiger partial charge in [0.2, 0.25) is 0 Å². The number of rotatable bonds is 2. The van der Waals surface area contributed by atoms with Crippen molar-refractivity contribution < 1.29 is 14.3 Å². The summed E-state index contributed by atoms with van der Waals surface area (Å²) in [6.45, 7) is 0. The van der Waals surface area contributed by atoms with Crippen molar-refractivity contribution in [3.63, 3.8) is 0 Å². The van der Waals surface area contributed by atoms with E-state index in [1.807, 2.05) is 0 Å². The number of carbonyl (C=O) groups is 1. The van der Waals surface area contributed by atoms with Crippen LogP contribution in [0.5, 0.6) is 5.75 Å². The first kappa shape index (κ1) is 10.5. The molecule has 1 aromatic carbocycles. The molecule has 0 aliphatic heterocycles.